The van der Waals surface area contributed by atoms with Crippen molar-refractivity contribution in [1.82, 2.24) is 15.5 Å². The number of nitrogens with zero attached hydrogens (tertiary/aromatic N) is 1. The predicted molar refractivity (Wildman–Crippen MR) is 101 cm³/mol. The lowest BCUT2D eigenvalue weighted by atomic mass is 9.85. The van der Waals surface area contributed by atoms with Gasteiger partial charge in [0.1, 0.15) is 5.54 Å². The van der Waals surface area contributed by atoms with Gasteiger partial charge < -0.3 is 15.5 Å². The number of hydrogen-bond donors (Lipinski definition) is 2. The Morgan fingerprint density at radius 2 is 1.80 bits per heavy atom. The van der Waals surface area contributed by atoms with Crippen LogP contribution in [0.25, 0.3) is 0 Å². The summed E-state index contributed by atoms with van der Waals surface area (Å²) in [7, 11) is 1.74. The molecule has 1 fully saturated rings. The zero-order valence-corrected chi connectivity index (χ0v) is 16.1. The van der Waals surface area contributed by atoms with E-state index >= 15 is 0 Å². The molecule has 2 N–H and O–H groups in total. The highest BCUT2D eigenvalue weighted by Crippen LogP contribution is 2.27. The molecule has 0 aliphatic carbocycles. The molecule has 1 heterocycles. The number of benzene rings is 1. The van der Waals surface area contributed by atoms with Gasteiger partial charge in [0, 0.05) is 20.5 Å². The van der Waals surface area contributed by atoms with Crippen LogP contribution in [0.3, 0.4) is 0 Å². The van der Waals surface area contributed by atoms with E-state index in [0.717, 1.165) is 13.1 Å². The van der Waals surface area contributed by atoms with Crippen LogP contribution in [0.4, 0.5) is 0 Å². The predicted octanol–water partition coefficient (Wildman–Crippen LogP) is 2.12. The molecule has 1 unspecified atom stereocenters. The van der Waals surface area contributed by atoms with Crippen LogP contribution in [0, 0.1) is 13.8 Å². The minimum Gasteiger partial charge on any atom is -0.353 e. The maximum Gasteiger partial charge on any atom is 0.246 e. The Kier molecular flexibility index (Phi) is 6.22. The highest BCUT2D eigenvalue weighted by Gasteiger charge is 2.44. The Bertz CT molecular complexity index is 616. The molecular weight excluding hydrogens is 314 g/mol. The van der Waals surface area contributed by atoms with Crippen LogP contribution in [-0.2, 0) is 9.59 Å². The topological polar surface area (TPSA) is 61.4 Å². The molecule has 0 radical (unpaired) electrons. The summed E-state index contributed by atoms with van der Waals surface area (Å²) in [4.78, 5) is 26.6. The molecule has 0 saturated carbocycles. The maximum atomic E-state index is 13.0. The Hall–Kier alpha value is -1.88. The van der Waals surface area contributed by atoms with Gasteiger partial charge in [0.15, 0.2) is 0 Å². The number of nitrogens with one attached hydrogen (secondary N) is 2. The fourth-order valence-electron chi connectivity index (χ4n) is 3.97. The van der Waals surface area contributed by atoms with Crippen molar-refractivity contribution in [3.05, 3.63) is 34.9 Å². The molecule has 2 amide bonds. The zero-order chi connectivity index (χ0) is 18.6. The third kappa shape index (κ3) is 4.03. The molecule has 1 aromatic rings. The van der Waals surface area contributed by atoms with E-state index in [1.807, 2.05) is 0 Å². The number of carbonyl (C=O) groups is 2. The van der Waals surface area contributed by atoms with E-state index in [9.17, 15) is 9.59 Å². The first-order chi connectivity index (χ1) is 11.8. The van der Waals surface area contributed by atoms with E-state index < -0.39 is 5.54 Å². The van der Waals surface area contributed by atoms with E-state index in [2.05, 4.69) is 49.6 Å². The lowest BCUT2D eigenvalue weighted by Crippen LogP contribution is -2.63. The van der Waals surface area contributed by atoms with Gasteiger partial charge in [0.05, 0.1) is 0 Å². The second kappa shape index (κ2) is 8.00. The fraction of sp³-hybridized carbons (Fsp3) is 0.600. The summed E-state index contributed by atoms with van der Waals surface area (Å²) >= 11 is 0. The maximum absolute atomic E-state index is 13.0. The average molecular weight is 345 g/mol. The van der Waals surface area contributed by atoms with E-state index in [4.69, 9.17) is 0 Å². The van der Waals surface area contributed by atoms with Crippen LogP contribution < -0.4 is 10.6 Å². The summed E-state index contributed by atoms with van der Waals surface area (Å²) in [6.07, 6.45) is 1.29. The number of likely N-dealkylation sites (N-methyl/N-ethyl adjacent to an activating group) is 1. The van der Waals surface area contributed by atoms with E-state index in [1.165, 1.54) is 23.6 Å². The molecule has 0 spiro atoms. The number of carbonyl (C=O) groups excluding carboxylic acids is 2. The molecule has 1 atom stereocenters. The molecule has 5 heteroatoms. The summed E-state index contributed by atoms with van der Waals surface area (Å²) in [5.74, 6) is 0.121. The summed E-state index contributed by atoms with van der Waals surface area (Å²) in [5, 5.41) is 6.40. The monoisotopic (exact) mass is 345 g/mol. The Labute approximate surface area is 151 Å². The van der Waals surface area contributed by atoms with E-state index in [1.54, 1.807) is 11.9 Å². The second-order valence-electron chi connectivity index (χ2n) is 7.28. The fourth-order valence-corrected chi connectivity index (χ4v) is 3.97. The first kappa shape index (κ1) is 19.4. The first-order valence-electron chi connectivity index (χ1n) is 9.09. The SMILES string of the molecule is CC(=O)N(C)C1(C(=O)NCC(C)c2c(C)cccc2C)CCNCC1. The Morgan fingerprint density at radius 1 is 1.24 bits per heavy atom. The summed E-state index contributed by atoms with van der Waals surface area (Å²) in [6, 6.07) is 6.28. The molecule has 1 aliphatic heterocycles. The van der Waals surface area contributed by atoms with Gasteiger partial charge in [-0.1, -0.05) is 25.1 Å². The normalized spacial score (nSPS) is 17.6. The molecule has 5 nitrogen and oxygen atoms in total. The van der Waals surface area contributed by atoms with Crippen molar-refractivity contribution < 1.29 is 9.59 Å². The van der Waals surface area contributed by atoms with Gasteiger partial charge in [-0.2, -0.15) is 0 Å². The van der Waals surface area contributed by atoms with Crippen LogP contribution >= 0.6 is 0 Å². The van der Waals surface area contributed by atoms with Gasteiger partial charge in [0.2, 0.25) is 11.8 Å². The standard InChI is InChI=1S/C20H31N3O2/c1-14-7-6-8-15(2)18(14)16(3)13-22-19(25)20(23(5)17(4)24)9-11-21-12-10-20/h6-8,16,21H,9-13H2,1-5H3,(H,22,25). The number of piperidine rings is 1. The Morgan fingerprint density at radius 3 is 2.32 bits per heavy atom. The van der Waals surface area contributed by atoms with Crippen molar-refractivity contribution in [3.8, 4) is 0 Å². The van der Waals surface area contributed by atoms with E-state index in [0.29, 0.717) is 19.4 Å². The van der Waals surface area contributed by atoms with Gasteiger partial charge in [-0.25, -0.2) is 0 Å². The highest BCUT2D eigenvalue weighted by atomic mass is 16.2. The van der Waals surface area contributed by atoms with Crippen LogP contribution in [0.5, 0.6) is 0 Å². The lowest BCUT2D eigenvalue weighted by molar-refractivity contribution is -0.146. The number of amides is 2. The number of rotatable bonds is 5. The molecule has 1 aliphatic rings. The van der Waals surface area contributed by atoms with Crippen molar-refractivity contribution in [3.63, 3.8) is 0 Å². The first-order valence-corrected chi connectivity index (χ1v) is 9.09. The van der Waals surface area contributed by atoms with Gasteiger partial charge in [-0.3, -0.25) is 9.59 Å². The molecule has 0 bridgehead atoms. The van der Waals surface area contributed by atoms with Crippen LogP contribution in [0.1, 0.15) is 49.3 Å². The van der Waals surface area contributed by atoms with Crippen molar-refractivity contribution in [1.29, 1.82) is 0 Å². The quantitative estimate of drug-likeness (QED) is 0.859. The lowest BCUT2D eigenvalue weighted by Gasteiger charge is -2.43. The summed E-state index contributed by atoms with van der Waals surface area (Å²) in [5.41, 5.74) is 3.05. The Balaban J connectivity index is 2.12. The highest BCUT2D eigenvalue weighted by molar-refractivity contribution is 5.91. The molecule has 25 heavy (non-hydrogen) atoms. The largest absolute Gasteiger partial charge is 0.353 e. The smallest absolute Gasteiger partial charge is 0.246 e. The van der Waals surface area contributed by atoms with Crippen molar-refractivity contribution >= 4 is 11.8 Å². The minimum atomic E-state index is -0.739. The second-order valence-corrected chi connectivity index (χ2v) is 7.28. The van der Waals surface area contributed by atoms with Gasteiger partial charge >= 0.3 is 0 Å². The van der Waals surface area contributed by atoms with E-state index in [-0.39, 0.29) is 17.7 Å². The number of hydrogen-bond acceptors (Lipinski definition) is 3. The van der Waals surface area contributed by atoms with Crippen LogP contribution in [-0.4, -0.2) is 48.9 Å². The molecule has 1 saturated heterocycles. The molecular formula is C20H31N3O2. The summed E-state index contributed by atoms with van der Waals surface area (Å²) in [6.45, 7) is 9.95. The van der Waals surface area contributed by atoms with Crippen molar-refractivity contribution in [2.45, 2.75) is 52.0 Å². The van der Waals surface area contributed by atoms with Crippen molar-refractivity contribution in [2.75, 3.05) is 26.7 Å². The average Bonchev–Trinajstić information content (AvgIpc) is 2.59. The van der Waals surface area contributed by atoms with Crippen LogP contribution in [0.2, 0.25) is 0 Å². The molecule has 1 aromatic carbocycles. The molecule has 2 rings (SSSR count). The van der Waals surface area contributed by atoms with Gasteiger partial charge in [0.25, 0.3) is 0 Å². The van der Waals surface area contributed by atoms with Gasteiger partial charge in [-0.15, -0.1) is 0 Å². The third-order valence-corrected chi connectivity index (χ3v) is 5.57. The third-order valence-electron chi connectivity index (χ3n) is 5.57. The summed E-state index contributed by atoms with van der Waals surface area (Å²) < 4.78 is 0. The van der Waals surface area contributed by atoms with Crippen molar-refractivity contribution in [2.24, 2.45) is 0 Å². The molecule has 138 valence electrons. The van der Waals surface area contributed by atoms with Crippen LogP contribution in [0.15, 0.2) is 18.2 Å². The molecule has 0 aromatic heterocycles. The zero-order valence-electron chi connectivity index (χ0n) is 16.1. The van der Waals surface area contributed by atoms with Gasteiger partial charge in [-0.05, 0) is 62.4 Å². The minimum absolute atomic E-state index is 0.0372. The number of aryl methyl sites for hydroxylation is 2.